The maximum absolute atomic E-state index is 12.2. The number of amides is 1. The summed E-state index contributed by atoms with van der Waals surface area (Å²) in [6, 6.07) is 0. The van der Waals surface area contributed by atoms with Gasteiger partial charge in [-0.05, 0) is 65.7 Å². The van der Waals surface area contributed by atoms with E-state index in [0.717, 1.165) is 45.2 Å². The number of esters is 1. The number of rotatable bonds is 7. The van der Waals surface area contributed by atoms with Gasteiger partial charge in [-0.2, -0.15) is 0 Å². The van der Waals surface area contributed by atoms with Crippen molar-refractivity contribution in [3.05, 3.63) is 0 Å². The lowest BCUT2D eigenvalue weighted by atomic mass is 9.90. The van der Waals surface area contributed by atoms with Crippen LogP contribution < -0.4 is 0 Å². The standard InChI is InChI=1S/C19H35NO4/c1-7-18(3,4)16(21)23-14-11-15-9-12-20(13-10-15)17(22)24-19(5,6)8-2/h15H,7-14H2,1-6H3. The highest BCUT2D eigenvalue weighted by Gasteiger charge is 2.29. The zero-order valence-electron chi connectivity index (χ0n) is 16.3. The fourth-order valence-corrected chi connectivity index (χ4v) is 2.44. The molecule has 5 nitrogen and oxygen atoms in total. The molecule has 5 heteroatoms. The minimum Gasteiger partial charge on any atom is -0.465 e. The van der Waals surface area contributed by atoms with Crippen LogP contribution in [0.1, 0.15) is 73.6 Å². The Balaban J connectivity index is 2.29. The average molecular weight is 341 g/mol. The molecule has 0 bridgehead atoms. The molecule has 0 saturated carbocycles. The van der Waals surface area contributed by atoms with Gasteiger partial charge in [0, 0.05) is 13.1 Å². The maximum Gasteiger partial charge on any atom is 0.410 e. The first-order valence-corrected chi connectivity index (χ1v) is 9.26. The number of hydrogen-bond acceptors (Lipinski definition) is 4. The molecule has 24 heavy (non-hydrogen) atoms. The van der Waals surface area contributed by atoms with Gasteiger partial charge < -0.3 is 14.4 Å². The molecule has 0 radical (unpaired) electrons. The fraction of sp³-hybridized carbons (Fsp3) is 0.895. The first-order chi connectivity index (χ1) is 11.1. The minimum atomic E-state index is -0.409. The smallest absolute Gasteiger partial charge is 0.410 e. The van der Waals surface area contributed by atoms with E-state index in [2.05, 4.69) is 0 Å². The summed E-state index contributed by atoms with van der Waals surface area (Å²) in [5, 5.41) is 0. The van der Waals surface area contributed by atoms with Gasteiger partial charge in [0.05, 0.1) is 12.0 Å². The van der Waals surface area contributed by atoms with E-state index in [1.54, 1.807) is 4.90 Å². The van der Waals surface area contributed by atoms with Crippen LogP contribution in [0.25, 0.3) is 0 Å². The quantitative estimate of drug-likeness (QED) is 0.644. The fourth-order valence-electron chi connectivity index (χ4n) is 2.44. The van der Waals surface area contributed by atoms with Crippen LogP contribution in [0.3, 0.4) is 0 Å². The molecule has 1 rings (SSSR count). The SMILES string of the molecule is CCC(C)(C)OC(=O)N1CCC(CCOC(=O)C(C)(C)CC)CC1. The van der Waals surface area contributed by atoms with Crippen molar-refractivity contribution in [1.29, 1.82) is 0 Å². The van der Waals surface area contributed by atoms with E-state index >= 15 is 0 Å². The summed E-state index contributed by atoms with van der Waals surface area (Å²) in [4.78, 5) is 25.9. The van der Waals surface area contributed by atoms with E-state index in [1.807, 2.05) is 41.5 Å². The minimum absolute atomic E-state index is 0.118. The lowest BCUT2D eigenvalue weighted by molar-refractivity contribution is -0.154. The number of nitrogens with zero attached hydrogens (tertiary/aromatic N) is 1. The van der Waals surface area contributed by atoms with Gasteiger partial charge in [-0.1, -0.05) is 13.8 Å². The number of piperidine rings is 1. The lowest BCUT2D eigenvalue weighted by Crippen LogP contribution is -2.42. The number of carbonyl (C=O) groups is 2. The van der Waals surface area contributed by atoms with Crippen molar-refractivity contribution < 1.29 is 19.1 Å². The molecule has 1 aliphatic rings. The van der Waals surface area contributed by atoms with Crippen LogP contribution in [0.15, 0.2) is 0 Å². The van der Waals surface area contributed by atoms with Crippen LogP contribution in [-0.2, 0) is 14.3 Å². The number of likely N-dealkylation sites (tertiary alicyclic amines) is 1. The van der Waals surface area contributed by atoms with Crippen molar-refractivity contribution >= 4 is 12.1 Å². The highest BCUT2D eigenvalue weighted by Crippen LogP contribution is 2.25. The molecule has 0 spiro atoms. The Morgan fingerprint density at radius 2 is 1.62 bits per heavy atom. The van der Waals surface area contributed by atoms with Crippen molar-refractivity contribution in [2.75, 3.05) is 19.7 Å². The summed E-state index contributed by atoms with van der Waals surface area (Å²) in [7, 11) is 0. The molecule has 0 atom stereocenters. The van der Waals surface area contributed by atoms with Crippen molar-refractivity contribution in [2.45, 2.75) is 79.2 Å². The molecule has 1 saturated heterocycles. The Morgan fingerprint density at radius 1 is 1.04 bits per heavy atom. The molecule has 0 aromatic rings. The van der Waals surface area contributed by atoms with Crippen molar-refractivity contribution in [2.24, 2.45) is 11.3 Å². The third-order valence-electron chi connectivity index (χ3n) is 5.28. The van der Waals surface area contributed by atoms with E-state index in [4.69, 9.17) is 9.47 Å². The second-order valence-corrected chi connectivity index (χ2v) is 8.07. The van der Waals surface area contributed by atoms with Crippen molar-refractivity contribution in [3.63, 3.8) is 0 Å². The summed E-state index contributed by atoms with van der Waals surface area (Å²) in [6.07, 6.45) is 4.12. The zero-order chi connectivity index (χ0) is 18.4. The average Bonchev–Trinajstić information content (AvgIpc) is 2.54. The molecular formula is C19H35NO4. The summed E-state index contributed by atoms with van der Waals surface area (Å²) in [6.45, 7) is 13.6. The normalized spacial score (nSPS) is 16.8. The highest BCUT2D eigenvalue weighted by atomic mass is 16.6. The van der Waals surface area contributed by atoms with Gasteiger partial charge in [-0.15, -0.1) is 0 Å². The molecule has 0 aromatic heterocycles. The predicted molar refractivity (Wildman–Crippen MR) is 94.8 cm³/mol. The summed E-state index contributed by atoms with van der Waals surface area (Å²) in [5.41, 5.74) is -0.812. The summed E-state index contributed by atoms with van der Waals surface area (Å²) < 4.78 is 11.0. The van der Waals surface area contributed by atoms with Gasteiger partial charge in [-0.3, -0.25) is 4.79 Å². The summed E-state index contributed by atoms with van der Waals surface area (Å²) in [5.74, 6) is 0.388. The first-order valence-electron chi connectivity index (χ1n) is 9.26. The largest absolute Gasteiger partial charge is 0.465 e. The molecule has 0 N–H and O–H groups in total. The van der Waals surface area contributed by atoms with Gasteiger partial charge in [-0.25, -0.2) is 4.79 Å². The van der Waals surface area contributed by atoms with E-state index in [0.29, 0.717) is 12.5 Å². The molecule has 1 amide bonds. The van der Waals surface area contributed by atoms with Crippen molar-refractivity contribution in [1.82, 2.24) is 4.90 Å². The van der Waals surface area contributed by atoms with Gasteiger partial charge >= 0.3 is 12.1 Å². The topological polar surface area (TPSA) is 55.8 Å². The molecular weight excluding hydrogens is 306 g/mol. The zero-order valence-corrected chi connectivity index (χ0v) is 16.3. The number of ether oxygens (including phenoxy) is 2. The molecule has 1 fully saturated rings. The van der Waals surface area contributed by atoms with Gasteiger partial charge in [0.2, 0.25) is 0 Å². The third kappa shape index (κ3) is 6.33. The van der Waals surface area contributed by atoms with Crippen LogP contribution in [-0.4, -0.2) is 42.3 Å². The Hall–Kier alpha value is -1.26. The van der Waals surface area contributed by atoms with Crippen LogP contribution in [0.4, 0.5) is 4.79 Å². The lowest BCUT2D eigenvalue weighted by Gasteiger charge is -2.34. The van der Waals surface area contributed by atoms with E-state index in [-0.39, 0.29) is 12.1 Å². The second kappa shape index (κ2) is 8.72. The Bertz CT molecular complexity index is 423. The van der Waals surface area contributed by atoms with E-state index < -0.39 is 11.0 Å². The molecule has 0 aliphatic carbocycles. The van der Waals surface area contributed by atoms with Crippen molar-refractivity contribution in [3.8, 4) is 0 Å². The Kier molecular flexibility index (Phi) is 7.56. The molecule has 1 aliphatic heterocycles. The predicted octanol–water partition coefficient (Wildman–Crippen LogP) is 4.39. The molecule has 140 valence electrons. The summed E-state index contributed by atoms with van der Waals surface area (Å²) >= 11 is 0. The maximum atomic E-state index is 12.2. The highest BCUT2D eigenvalue weighted by molar-refractivity contribution is 5.75. The van der Waals surface area contributed by atoms with E-state index in [1.165, 1.54) is 0 Å². The third-order valence-corrected chi connectivity index (χ3v) is 5.28. The van der Waals surface area contributed by atoms with Crippen LogP contribution in [0.5, 0.6) is 0 Å². The number of carbonyl (C=O) groups excluding carboxylic acids is 2. The van der Waals surface area contributed by atoms with E-state index in [9.17, 15) is 9.59 Å². The van der Waals surface area contributed by atoms with Gasteiger partial charge in [0.1, 0.15) is 5.60 Å². The van der Waals surface area contributed by atoms with Gasteiger partial charge in [0.25, 0.3) is 0 Å². The number of hydrogen-bond donors (Lipinski definition) is 0. The Morgan fingerprint density at radius 3 is 2.12 bits per heavy atom. The second-order valence-electron chi connectivity index (χ2n) is 8.07. The van der Waals surface area contributed by atoms with Crippen LogP contribution in [0, 0.1) is 11.3 Å². The molecule has 0 unspecified atom stereocenters. The molecule has 0 aromatic carbocycles. The van der Waals surface area contributed by atoms with Crippen LogP contribution >= 0.6 is 0 Å². The first kappa shape index (κ1) is 20.8. The van der Waals surface area contributed by atoms with Gasteiger partial charge in [0.15, 0.2) is 0 Å². The van der Waals surface area contributed by atoms with Crippen LogP contribution in [0.2, 0.25) is 0 Å². The molecule has 1 heterocycles. The Labute approximate surface area is 147 Å². The monoisotopic (exact) mass is 341 g/mol.